The van der Waals surface area contributed by atoms with Gasteiger partial charge < -0.3 is 15.1 Å². The number of nitrogens with one attached hydrogen (secondary N) is 1. The van der Waals surface area contributed by atoms with E-state index in [4.69, 9.17) is 0 Å². The van der Waals surface area contributed by atoms with Crippen molar-refractivity contribution in [1.29, 1.82) is 0 Å². The number of nitrogens with zero attached hydrogens (tertiary/aromatic N) is 2. The molecule has 0 spiro atoms. The van der Waals surface area contributed by atoms with E-state index in [0.29, 0.717) is 0 Å². The van der Waals surface area contributed by atoms with Crippen LogP contribution in [0.15, 0.2) is 0 Å². The Hall–Kier alpha value is -0.120. The largest absolute Gasteiger partial charge is 0.316 e. The summed E-state index contributed by atoms with van der Waals surface area (Å²) in [5, 5.41) is 3.45. The SMILES string of the molecule is CN1CCC(N(C)CC2CCNC2)CC1. The van der Waals surface area contributed by atoms with Crippen LogP contribution in [0.5, 0.6) is 0 Å². The third kappa shape index (κ3) is 3.16. The number of rotatable bonds is 3. The number of hydrogen-bond acceptors (Lipinski definition) is 3. The van der Waals surface area contributed by atoms with Gasteiger partial charge in [0, 0.05) is 12.6 Å². The van der Waals surface area contributed by atoms with Crippen LogP contribution in [0.25, 0.3) is 0 Å². The highest BCUT2D eigenvalue weighted by molar-refractivity contribution is 4.80. The van der Waals surface area contributed by atoms with E-state index in [2.05, 4.69) is 29.2 Å². The van der Waals surface area contributed by atoms with Gasteiger partial charge in [-0.25, -0.2) is 0 Å². The molecule has 0 radical (unpaired) electrons. The van der Waals surface area contributed by atoms with Crippen molar-refractivity contribution in [2.75, 3.05) is 46.8 Å². The lowest BCUT2D eigenvalue weighted by Gasteiger charge is -2.36. The van der Waals surface area contributed by atoms with Crippen molar-refractivity contribution in [3.8, 4) is 0 Å². The van der Waals surface area contributed by atoms with Crippen molar-refractivity contribution in [2.45, 2.75) is 25.3 Å². The van der Waals surface area contributed by atoms with E-state index in [0.717, 1.165) is 12.0 Å². The van der Waals surface area contributed by atoms with Crippen LogP contribution in [0.2, 0.25) is 0 Å². The Bertz CT molecular complexity index is 181. The molecule has 3 nitrogen and oxygen atoms in total. The van der Waals surface area contributed by atoms with Crippen LogP contribution in [0.3, 0.4) is 0 Å². The maximum atomic E-state index is 3.45. The lowest BCUT2D eigenvalue weighted by atomic mass is 10.0. The Labute approximate surface area is 93.8 Å². The predicted molar refractivity (Wildman–Crippen MR) is 64.1 cm³/mol. The molecule has 2 aliphatic rings. The molecule has 0 aromatic heterocycles. The van der Waals surface area contributed by atoms with Crippen LogP contribution in [0, 0.1) is 5.92 Å². The topological polar surface area (TPSA) is 18.5 Å². The van der Waals surface area contributed by atoms with E-state index < -0.39 is 0 Å². The third-order valence-corrected chi connectivity index (χ3v) is 4.02. The molecule has 0 amide bonds. The summed E-state index contributed by atoms with van der Waals surface area (Å²) >= 11 is 0. The zero-order valence-corrected chi connectivity index (χ0v) is 10.2. The number of piperidine rings is 1. The Morgan fingerprint density at radius 1 is 1.27 bits per heavy atom. The van der Waals surface area contributed by atoms with Crippen molar-refractivity contribution in [1.82, 2.24) is 15.1 Å². The van der Waals surface area contributed by atoms with Crippen LogP contribution in [-0.2, 0) is 0 Å². The average Bonchev–Trinajstić information content (AvgIpc) is 2.71. The molecule has 3 heteroatoms. The molecular formula is C12H25N3. The summed E-state index contributed by atoms with van der Waals surface area (Å²) in [5.41, 5.74) is 0. The van der Waals surface area contributed by atoms with Crippen molar-refractivity contribution < 1.29 is 0 Å². The second kappa shape index (κ2) is 5.28. The summed E-state index contributed by atoms with van der Waals surface area (Å²) in [6.07, 6.45) is 4.08. The summed E-state index contributed by atoms with van der Waals surface area (Å²) in [6, 6.07) is 0.835. The van der Waals surface area contributed by atoms with Gasteiger partial charge in [-0.2, -0.15) is 0 Å². The Balaban J connectivity index is 1.72. The van der Waals surface area contributed by atoms with Gasteiger partial charge in [-0.3, -0.25) is 0 Å². The molecule has 2 fully saturated rings. The van der Waals surface area contributed by atoms with E-state index in [1.165, 1.54) is 52.0 Å². The minimum absolute atomic E-state index is 0.835. The highest BCUT2D eigenvalue weighted by Gasteiger charge is 2.23. The first-order valence-corrected chi connectivity index (χ1v) is 6.35. The highest BCUT2D eigenvalue weighted by Crippen LogP contribution is 2.17. The lowest BCUT2D eigenvalue weighted by molar-refractivity contribution is 0.131. The minimum atomic E-state index is 0.835. The van der Waals surface area contributed by atoms with E-state index >= 15 is 0 Å². The van der Waals surface area contributed by atoms with Crippen LogP contribution < -0.4 is 5.32 Å². The fourth-order valence-electron chi connectivity index (χ4n) is 2.86. The highest BCUT2D eigenvalue weighted by atomic mass is 15.2. The average molecular weight is 211 g/mol. The summed E-state index contributed by atoms with van der Waals surface area (Å²) in [4.78, 5) is 5.05. The lowest BCUT2D eigenvalue weighted by Crippen LogP contribution is -2.43. The predicted octanol–water partition coefficient (Wildman–Crippen LogP) is 0.622. The minimum Gasteiger partial charge on any atom is -0.316 e. The van der Waals surface area contributed by atoms with Crippen LogP contribution in [0.1, 0.15) is 19.3 Å². The summed E-state index contributed by atoms with van der Waals surface area (Å²) < 4.78 is 0. The molecule has 2 saturated heterocycles. The Morgan fingerprint density at radius 3 is 2.60 bits per heavy atom. The first-order valence-electron chi connectivity index (χ1n) is 6.35. The zero-order valence-electron chi connectivity index (χ0n) is 10.2. The van der Waals surface area contributed by atoms with Gasteiger partial charge in [0.1, 0.15) is 0 Å². The fourth-order valence-corrected chi connectivity index (χ4v) is 2.86. The second-order valence-corrected chi connectivity index (χ2v) is 5.33. The van der Waals surface area contributed by atoms with Gasteiger partial charge >= 0.3 is 0 Å². The number of hydrogen-bond donors (Lipinski definition) is 1. The van der Waals surface area contributed by atoms with Crippen molar-refractivity contribution in [2.24, 2.45) is 5.92 Å². The molecule has 1 N–H and O–H groups in total. The van der Waals surface area contributed by atoms with Crippen molar-refractivity contribution in [3.05, 3.63) is 0 Å². The van der Waals surface area contributed by atoms with E-state index in [-0.39, 0.29) is 0 Å². The van der Waals surface area contributed by atoms with E-state index in [1.54, 1.807) is 0 Å². The second-order valence-electron chi connectivity index (χ2n) is 5.33. The first kappa shape index (κ1) is 11.4. The molecule has 15 heavy (non-hydrogen) atoms. The Morgan fingerprint density at radius 2 is 2.00 bits per heavy atom. The molecule has 2 rings (SSSR count). The maximum Gasteiger partial charge on any atom is 0.0117 e. The van der Waals surface area contributed by atoms with Gasteiger partial charge in [0.05, 0.1) is 0 Å². The molecular weight excluding hydrogens is 186 g/mol. The van der Waals surface area contributed by atoms with Gasteiger partial charge in [0.2, 0.25) is 0 Å². The quantitative estimate of drug-likeness (QED) is 0.738. The monoisotopic (exact) mass is 211 g/mol. The normalized spacial score (nSPS) is 30.2. The molecule has 2 aliphatic heterocycles. The van der Waals surface area contributed by atoms with Crippen LogP contribution in [0.4, 0.5) is 0 Å². The van der Waals surface area contributed by atoms with E-state index in [1.807, 2.05) is 0 Å². The van der Waals surface area contributed by atoms with Gasteiger partial charge in [-0.05, 0) is 65.5 Å². The number of likely N-dealkylation sites (tertiary alicyclic amines) is 1. The maximum absolute atomic E-state index is 3.45. The fraction of sp³-hybridized carbons (Fsp3) is 1.00. The van der Waals surface area contributed by atoms with Gasteiger partial charge in [0.15, 0.2) is 0 Å². The molecule has 2 heterocycles. The molecule has 1 unspecified atom stereocenters. The van der Waals surface area contributed by atoms with Crippen LogP contribution in [-0.4, -0.2) is 62.7 Å². The molecule has 0 aromatic rings. The molecule has 0 saturated carbocycles. The molecule has 0 bridgehead atoms. The van der Waals surface area contributed by atoms with Crippen molar-refractivity contribution in [3.63, 3.8) is 0 Å². The summed E-state index contributed by atoms with van der Waals surface area (Å²) in [6.45, 7) is 6.31. The van der Waals surface area contributed by atoms with Crippen LogP contribution >= 0.6 is 0 Å². The smallest absolute Gasteiger partial charge is 0.0117 e. The zero-order chi connectivity index (χ0) is 10.7. The molecule has 1 atom stereocenters. The first-order chi connectivity index (χ1) is 7.25. The summed E-state index contributed by atoms with van der Waals surface area (Å²) in [7, 11) is 4.55. The Kier molecular flexibility index (Phi) is 4.00. The molecule has 0 aromatic carbocycles. The van der Waals surface area contributed by atoms with Crippen molar-refractivity contribution >= 4 is 0 Å². The van der Waals surface area contributed by atoms with E-state index in [9.17, 15) is 0 Å². The molecule has 0 aliphatic carbocycles. The van der Waals surface area contributed by atoms with Gasteiger partial charge in [-0.1, -0.05) is 0 Å². The van der Waals surface area contributed by atoms with Gasteiger partial charge in [0.25, 0.3) is 0 Å². The molecule has 88 valence electrons. The standard InChI is InChI=1S/C12H25N3/c1-14-7-4-12(5-8-14)15(2)10-11-3-6-13-9-11/h11-13H,3-10H2,1-2H3. The van der Waals surface area contributed by atoms with Gasteiger partial charge in [-0.15, -0.1) is 0 Å². The summed E-state index contributed by atoms with van der Waals surface area (Å²) in [5.74, 6) is 0.898. The third-order valence-electron chi connectivity index (χ3n) is 4.02.